The molecule has 2 saturated heterocycles. The highest BCUT2D eigenvalue weighted by Gasteiger charge is 2.33. The molecule has 1 aliphatic carbocycles. The van der Waals surface area contributed by atoms with Crippen LogP contribution in [-0.2, 0) is 21.2 Å². The topological polar surface area (TPSA) is 99.1 Å². The molecule has 1 aromatic rings. The summed E-state index contributed by atoms with van der Waals surface area (Å²) >= 11 is 1.82. The van der Waals surface area contributed by atoms with Gasteiger partial charge < -0.3 is 14.7 Å². The molecular formula is C23H33N5O4S2. The second-order valence-electron chi connectivity index (χ2n) is 9.38. The van der Waals surface area contributed by atoms with E-state index < -0.39 is 10.0 Å². The largest absolute Gasteiger partial charge is 0.396 e. The van der Waals surface area contributed by atoms with Gasteiger partial charge in [-0.25, -0.2) is 18.4 Å². The molecule has 2 fully saturated rings. The van der Waals surface area contributed by atoms with Crippen LogP contribution in [0.4, 0.5) is 5.82 Å². The van der Waals surface area contributed by atoms with Gasteiger partial charge >= 0.3 is 0 Å². The molecule has 3 aliphatic heterocycles. The molecule has 0 amide bonds. The lowest BCUT2D eigenvalue weighted by molar-refractivity contribution is 0.122. The van der Waals surface area contributed by atoms with Crippen molar-refractivity contribution in [2.45, 2.75) is 23.1 Å². The Bertz CT molecular complexity index is 1060. The number of thioether (sulfide) groups is 1. The monoisotopic (exact) mass is 507 g/mol. The molecule has 5 rings (SSSR count). The van der Waals surface area contributed by atoms with Gasteiger partial charge in [0, 0.05) is 69.2 Å². The smallest absolute Gasteiger partial charge is 0.211 e. The highest BCUT2D eigenvalue weighted by molar-refractivity contribution is 8.00. The van der Waals surface area contributed by atoms with E-state index in [9.17, 15) is 13.5 Å². The van der Waals surface area contributed by atoms with E-state index in [0.29, 0.717) is 31.6 Å². The lowest BCUT2D eigenvalue weighted by Gasteiger charge is -2.34. The third-order valence-electron chi connectivity index (χ3n) is 6.91. The van der Waals surface area contributed by atoms with Gasteiger partial charge in [0.1, 0.15) is 10.8 Å². The van der Waals surface area contributed by atoms with Crippen molar-refractivity contribution in [1.29, 1.82) is 0 Å². The summed E-state index contributed by atoms with van der Waals surface area (Å²) in [5.41, 5.74) is 2.29. The number of aliphatic hydroxyl groups is 1. The molecule has 0 radical (unpaired) electrons. The molecule has 11 heteroatoms. The number of ether oxygens (including phenoxy) is 1. The molecule has 9 nitrogen and oxygen atoms in total. The van der Waals surface area contributed by atoms with E-state index in [-0.39, 0.29) is 12.5 Å². The molecular weight excluding hydrogens is 474 g/mol. The van der Waals surface area contributed by atoms with Crippen LogP contribution in [0.3, 0.4) is 0 Å². The van der Waals surface area contributed by atoms with Crippen molar-refractivity contribution in [1.82, 2.24) is 19.2 Å². The number of fused-ring (bicyclic) bond motifs is 1. The molecule has 1 aromatic heterocycles. The van der Waals surface area contributed by atoms with Crippen LogP contribution in [0.5, 0.6) is 0 Å². The first-order valence-electron chi connectivity index (χ1n) is 12.0. The maximum absolute atomic E-state index is 11.8. The van der Waals surface area contributed by atoms with Crippen molar-refractivity contribution in [3.8, 4) is 0 Å². The highest BCUT2D eigenvalue weighted by Crippen LogP contribution is 2.42. The first-order chi connectivity index (χ1) is 16.4. The number of morpholine rings is 1. The van der Waals surface area contributed by atoms with Gasteiger partial charge in [-0.1, -0.05) is 18.2 Å². The average molecular weight is 508 g/mol. The predicted molar refractivity (Wildman–Crippen MR) is 134 cm³/mol. The summed E-state index contributed by atoms with van der Waals surface area (Å²) in [4.78, 5) is 14.7. The second-order valence-corrected chi connectivity index (χ2v) is 12.7. The zero-order valence-corrected chi connectivity index (χ0v) is 21.2. The number of allylic oxidation sites excluding steroid dienone is 3. The SMILES string of the molecule is CS(=O)(=O)N1CCN(CC2Cc3c(nc(C4=CC=CC(CO)C4)nc3N3CCOCC3)S2)CC1. The Morgan fingerprint density at radius 2 is 1.88 bits per heavy atom. The van der Waals surface area contributed by atoms with Crippen molar-refractivity contribution < 1.29 is 18.3 Å². The molecule has 4 aliphatic rings. The Hall–Kier alpha value is -1.50. The van der Waals surface area contributed by atoms with Crippen LogP contribution in [-0.4, -0.2) is 110 Å². The summed E-state index contributed by atoms with van der Waals surface area (Å²) in [6.45, 7) is 6.71. The van der Waals surface area contributed by atoms with E-state index in [1.54, 1.807) is 4.31 Å². The molecule has 0 bridgehead atoms. The number of anilines is 1. The number of aliphatic hydroxyl groups excluding tert-OH is 1. The third-order valence-corrected chi connectivity index (χ3v) is 9.43. The number of piperazine rings is 1. The van der Waals surface area contributed by atoms with Gasteiger partial charge in [0.2, 0.25) is 10.0 Å². The normalized spacial score (nSPS) is 26.5. The van der Waals surface area contributed by atoms with Crippen LogP contribution in [0.25, 0.3) is 5.57 Å². The number of hydrogen-bond acceptors (Lipinski definition) is 9. The fraction of sp³-hybridized carbons (Fsp3) is 0.652. The maximum Gasteiger partial charge on any atom is 0.211 e. The first-order valence-corrected chi connectivity index (χ1v) is 14.7. The minimum Gasteiger partial charge on any atom is -0.396 e. The predicted octanol–water partition coefficient (Wildman–Crippen LogP) is 0.859. The fourth-order valence-corrected chi connectivity index (χ4v) is 7.14. The quantitative estimate of drug-likeness (QED) is 0.562. The summed E-state index contributed by atoms with van der Waals surface area (Å²) in [6, 6.07) is 0. The van der Waals surface area contributed by atoms with Crippen LogP contribution < -0.4 is 4.90 Å². The Morgan fingerprint density at radius 3 is 2.59 bits per heavy atom. The molecule has 2 atom stereocenters. The molecule has 2 unspecified atom stereocenters. The van der Waals surface area contributed by atoms with Crippen molar-refractivity contribution in [3.05, 3.63) is 29.6 Å². The lowest BCUT2D eigenvalue weighted by atomic mass is 9.94. The number of nitrogens with zero attached hydrogens (tertiary/aromatic N) is 5. The summed E-state index contributed by atoms with van der Waals surface area (Å²) in [7, 11) is -3.12. The van der Waals surface area contributed by atoms with Crippen molar-refractivity contribution in [2.75, 3.05) is 76.8 Å². The highest BCUT2D eigenvalue weighted by atomic mass is 32.2. The van der Waals surface area contributed by atoms with E-state index in [2.05, 4.69) is 15.9 Å². The molecule has 4 heterocycles. The zero-order chi connectivity index (χ0) is 23.7. The van der Waals surface area contributed by atoms with Gasteiger partial charge in [-0.2, -0.15) is 4.31 Å². The van der Waals surface area contributed by atoms with Gasteiger partial charge in [0.25, 0.3) is 0 Å². The third kappa shape index (κ3) is 5.34. The van der Waals surface area contributed by atoms with E-state index >= 15 is 0 Å². The summed E-state index contributed by atoms with van der Waals surface area (Å²) in [6.07, 6.45) is 9.04. The minimum atomic E-state index is -3.12. The number of hydrogen-bond donors (Lipinski definition) is 1. The van der Waals surface area contributed by atoms with E-state index in [1.807, 2.05) is 23.9 Å². The maximum atomic E-state index is 11.8. The first kappa shape index (κ1) is 24.2. The lowest BCUT2D eigenvalue weighted by Crippen LogP contribution is -2.49. The summed E-state index contributed by atoms with van der Waals surface area (Å²) in [5, 5.41) is 11.1. The van der Waals surface area contributed by atoms with Crippen molar-refractivity contribution in [2.24, 2.45) is 5.92 Å². The van der Waals surface area contributed by atoms with Gasteiger partial charge in [-0.3, -0.25) is 4.90 Å². The Labute approximate surface area is 205 Å². The van der Waals surface area contributed by atoms with Gasteiger partial charge in [0.05, 0.1) is 19.5 Å². The summed E-state index contributed by atoms with van der Waals surface area (Å²) in [5.74, 6) is 1.89. The number of aromatic nitrogens is 2. The molecule has 0 aromatic carbocycles. The van der Waals surface area contributed by atoms with Crippen LogP contribution in [0.15, 0.2) is 23.3 Å². The zero-order valence-electron chi connectivity index (χ0n) is 19.6. The van der Waals surface area contributed by atoms with E-state index in [0.717, 1.165) is 67.8 Å². The molecule has 0 saturated carbocycles. The van der Waals surface area contributed by atoms with E-state index in [4.69, 9.17) is 14.7 Å². The second kappa shape index (κ2) is 10.2. The number of rotatable bonds is 6. The van der Waals surface area contributed by atoms with Gasteiger partial charge in [-0.15, -0.1) is 11.8 Å². The Morgan fingerprint density at radius 1 is 1.12 bits per heavy atom. The van der Waals surface area contributed by atoms with Gasteiger partial charge in [0.15, 0.2) is 5.82 Å². The van der Waals surface area contributed by atoms with Gasteiger partial charge in [-0.05, 0) is 18.4 Å². The fourth-order valence-electron chi connectivity index (χ4n) is 5.01. The van der Waals surface area contributed by atoms with Crippen molar-refractivity contribution >= 4 is 33.2 Å². The number of sulfonamides is 1. The van der Waals surface area contributed by atoms with Crippen LogP contribution >= 0.6 is 11.8 Å². The average Bonchev–Trinajstić information content (AvgIpc) is 3.26. The van der Waals surface area contributed by atoms with Crippen LogP contribution in [0.2, 0.25) is 0 Å². The summed E-state index contributed by atoms with van der Waals surface area (Å²) < 4.78 is 30.8. The van der Waals surface area contributed by atoms with Crippen molar-refractivity contribution in [3.63, 3.8) is 0 Å². The minimum absolute atomic E-state index is 0.106. The molecule has 0 spiro atoms. The molecule has 186 valence electrons. The molecule has 1 N–H and O–H groups in total. The Balaban J connectivity index is 1.34. The van der Waals surface area contributed by atoms with Crippen LogP contribution in [0, 0.1) is 5.92 Å². The Kier molecular flexibility index (Phi) is 7.29. The molecule has 34 heavy (non-hydrogen) atoms. The standard InChI is InChI=1S/C23H33N5O4S2/c1-34(30,31)28-7-5-26(6-8-28)15-19-14-20-22(27-9-11-32-12-10-27)24-21(25-23(20)33-19)18-4-2-3-17(13-18)16-29/h2-4,17,19,29H,5-16H2,1H3. The van der Waals surface area contributed by atoms with E-state index in [1.165, 1.54) is 11.8 Å². The van der Waals surface area contributed by atoms with Crippen LogP contribution in [0.1, 0.15) is 17.8 Å².